The third kappa shape index (κ3) is 2.28. The number of halogens is 2. The molecule has 1 atom stereocenters. The van der Waals surface area contributed by atoms with Crippen LogP contribution in [0.15, 0.2) is 18.2 Å². The zero-order valence-corrected chi connectivity index (χ0v) is 9.53. The normalized spacial score (nSPS) is 18.2. The number of carboxylic acid groups (broad SMARTS) is 1. The van der Waals surface area contributed by atoms with Gasteiger partial charge in [-0.15, -0.1) is 0 Å². The first-order valence-corrected chi connectivity index (χ1v) is 5.54. The van der Waals surface area contributed by atoms with E-state index in [1.54, 1.807) is 0 Å². The van der Waals surface area contributed by atoms with Crippen molar-refractivity contribution in [2.75, 3.05) is 6.61 Å². The predicted molar refractivity (Wildman–Crippen MR) is 59.1 cm³/mol. The summed E-state index contributed by atoms with van der Waals surface area (Å²) in [6.07, 6.45) is 1.41. The Morgan fingerprint density at radius 2 is 2.17 bits per heavy atom. The van der Waals surface area contributed by atoms with Crippen molar-refractivity contribution in [3.63, 3.8) is 0 Å². The zero-order valence-electron chi connectivity index (χ0n) is 9.53. The largest absolute Gasteiger partial charge is 0.488 e. The van der Waals surface area contributed by atoms with Crippen LogP contribution in [0.3, 0.4) is 0 Å². The Hall–Kier alpha value is -1.69. The average Bonchev–Trinajstić information content (AvgIpc) is 3.14. The van der Waals surface area contributed by atoms with Crippen molar-refractivity contribution in [3.8, 4) is 5.75 Å². The number of hydrogen-bond donors (Lipinski definition) is 2. The molecule has 6 heteroatoms. The fourth-order valence-corrected chi connectivity index (χ4v) is 1.75. The van der Waals surface area contributed by atoms with Crippen LogP contribution in [0.5, 0.6) is 5.75 Å². The fraction of sp³-hybridized carbons (Fsp3) is 0.417. The lowest BCUT2D eigenvalue weighted by molar-refractivity contribution is -0.145. The van der Waals surface area contributed by atoms with Gasteiger partial charge in [-0.25, -0.2) is 4.39 Å². The number of nitrogens with two attached hydrogens (primary N) is 1. The molecular formula is C12H13F2NO3. The van der Waals surface area contributed by atoms with E-state index in [1.165, 1.54) is 12.1 Å². The SMILES string of the molecule is NC(COc1cccc(F)c1F)(C(=O)O)C1CC1. The number of carbonyl (C=O) groups is 1. The van der Waals surface area contributed by atoms with Gasteiger partial charge in [-0.3, -0.25) is 4.79 Å². The smallest absolute Gasteiger partial charge is 0.327 e. The van der Waals surface area contributed by atoms with Gasteiger partial charge in [0.25, 0.3) is 0 Å². The van der Waals surface area contributed by atoms with Gasteiger partial charge >= 0.3 is 5.97 Å². The number of carboxylic acids is 1. The van der Waals surface area contributed by atoms with Gasteiger partial charge in [0, 0.05) is 0 Å². The van der Waals surface area contributed by atoms with Gasteiger partial charge in [-0.05, 0) is 30.9 Å². The molecule has 0 aliphatic heterocycles. The van der Waals surface area contributed by atoms with Crippen LogP contribution in [0, 0.1) is 17.6 Å². The molecule has 1 aliphatic rings. The third-order valence-electron chi connectivity index (χ3n) is 3.09. The van der Waals surface area contributed by atoms with Gasteiger partial charge in [-0.2, -0.15) is 4.39 Å². The molecule has 1 fully saturated rings. The molecule has 1 aromatic carbocycles. The summed E-state index contributed by atoms with van der Waals surface area (Å²) in [4.78, 5) is 11.1. The lowest BCUT2D eigenvalue weighted by Crippen LogP contribution is -2.54. The molecule has 4 nitrogen and oxygen atoms in total. The minimum atomic E-state index is -1.54. The molecule has 1 saturated carbocycles. The molecule has 1 unspecified atom stereocenters. The van der Waals surface area contributed by atoms with Gasteiger partial charge in [0.15, 0.2) is 17.1 Å². The minimum Gasteiger partial charge on any atom is -0.488 e. The molecule has 1 aromatic rings. The molecule has 0 radical (unpaired) electrons. The van der Waals surface area contributed by atoms with Gasteiger partial charge in [0.1, 0.15) is 6.61 Å². The van der Waals surface area contributed by atoms with E-state index < -0.39 is 23.1 Å². The Labute approximate surface area is 102 Å². The number of hydrogen-bond acceptors (Lipinski definition) is 3. The molecule has 0 amide bonds. The first-order valence-electron chi connectivity index (χ1n) is 5.54. The summed E-state index contributed by atoms with van der Waals surface area (Å²) in [5, 5.41) is 9.07. The molecule has 2 rings (SSSR count). The average molecular weight is 257 g/mol. The van der Waals surface area contributed by atoms with Crippen LogP contribution in [0.2, 0.25) is 0 Å². The van der Waals surface area contributed by atoms with Crippen molar-refractivity contribution < 1.29 is 23.4 Å². The van der Waals surface area contributed by atoms with E-state index in [-0.39, 0.29) is 18.3 Å². The van der Waals surface area contributed by atoms with Crippen LogP contribution in [0.1, 0.15) is 12.8 Å². The van der Waals surface area contributed by atoms with Crippen LogP contribution >= 0.6 is 0 Å². The Morgan fingerprint density at radius 1 is 1.50 bits per heavy atom. The Morgan fingerprint density at radius 3 is 2.72 bits per heavy atom. The summed E-state index contributed by atoms with van der Waals surface area (Å²) in [5.74, 6) is -3.88. The number of rotatable bonds is 5. The van der Waals surface area contributed by atoms with E-state index in [4.69, 9.17) is 15.6 Å². The van der Waals surface area contributed by atoms with Crippen molar-refractivity contribution in [3.05, 3.63) is 29.8 Å². The topological polar surface area (TPSA) is 72.5 Å². The molecule has 1 aliphatic carbocycles. The molecule has 0 aromatic heterocycles. The van der Waals surface area contributed by atoms with Crippen molar-refractivity contribution in [1.82, 2.24) is 0 Å². The van der Waals surface area contributed by atoms with Crippen LogP contribution in [-0.2, 0) is 4.79 Å². The summed E-state index contributed by atoms with van der Waals surface area (Å²) >= 11 is 0. The maximum atomic E-state index is 13.3. The standard InChI is InChI=1S/C12H13F2NO3/c13-8-2-1-3-9(10(8)14)18-6-12(15,11(16)17)7-4-5-7/h1-3,7H,4-6,15H2,(H,16,17). The molecule has 0 saturated heterocycles. The third-order valence-corrected chi connectivity index (χ3v) is 3.09. The van der Waals surface area contributed by atoms with E-state index in [2.05, 4.69) is 0 Å². The summed E-state index contributed by atoms with van der Waals surface area (Å²) < 4.78 is 31.3. The maximum Gasteiger partial charge on any atom is 0.327 e. The Kier molecular flexibility index (Phi) is 3.21. The van der Waals surface area contributed by atoms with Crippen LogP contribution in [0.4, 0.5) is 8.78 Å². The zero-order chi connectivity index (χ0) is 13.3. The Bertz CT molecular complexity index is 476. The highest BCUT2D eigenvalue weighted by atomic mass is 19.2. The van der Waals surface area contributed by atoms with Crippen molar-refractivity contribution in [2.24, 2.45) is 11.7 Å². The molecule has 0 spiro atoms. The molecule has 0 heterocycles. The first kappa shape index (κ1) is 12.8. The highest BCUT2D eigenvalue weighted by molar-refractivity contribution is 5.79. The van der Waals surface area contributed by atoms with E-state index in [9.17, 15) is 13.6 Å². The lowest BCUT2D eigenvalue weighted by atomic mass is 9.96. The minimum absolute atomic E-state index is 0.174. The van der Waals surface area contributed by atoms with Crippen molar-refractivity contribution in [1.29, 1.82) is 0 Å². The quantitative estimate of drug-likeness (QED) is 0.839. The van der Waals surface area contributed by atoms with Crippen molar-refractivity contribution in [2.45, 2.75) is 18.4 Å². The number of aliphatic carboxylic acids is 1. The van der Waals surface area contributed by atoms with Gasteiger partial charge in [-0.1, -0.05) is 6.07 Å². The molecule has 3 N–H and O–H groups in total. The molecule has 18 heavy (non-hydrogen) atoms. The lowest BCUT2D eigenvalue weighted by Gasteiger charge is -2.24. The van der Waals surface area contributed by atoms with Crippen LogP contribution < -0.4 is 10.5 Å². The summed E-state index contributed by atoms with van der Waals surface area (Å²) in [7, 11) is 0. The number of benzene rings is 1. The first-order chi connectivity index (χ1) is 8.45. The van der Waals surface area contributed by atoms with Gasteiger partial charge < -0.3 is 15.6 Å². The highest BCUT2D eigenvalue weighted by Crippen LogP contribution is 2.39. The van der Waals surface area contributed by atoms with E-state index in [1.807, 2.05) is 0 Å². The monoisotopic (exact) mass is 257 g/mol. The van der Waals surface area contributed by atoms with Crippen LogP contribution in [0.25, 0.3) is 0 Å². The second-order valence-corrected chi connectivity index (χ2v) is 4.46. The van der Waals surface area contributed by atoms with E-state index in [0.29, 0.717) is 12.8 Å². The highest BCUT2D eigenvalue weighted by Gasteiger charge is 2.49. The predicted octanol–water partition coefficient (Wildman–Crippen LogP) is 1.54. The Balaban J connectivity index is 2.10. The summed E-state index contributed by atoms with van der Waals surface area (Å²) in [6.45, 7) is -0.382. The molecule has 98 valence electrons. The van der Waals surface area contributed by atoms with E-state index in [0.717, 1.165) is 6.07 Å². The van der Waals surface area contributed by atoms with Crippen molar-refractivity contribution >= 4 is 5.97 Å². The summed E-state index contributed by atoms with van der Waals surface area (Å²) in [6, 6.07) is 3.47. The molecule has 0 bridgehead atoms. The maximum absolute atomic E-state index is 13.3. The van der Waals surface area contributed by atoms with Gasteiger partial charge in [0.2, 0.25) is 5.82 Å². The second kappa shape index (κ2) is 4.53. The van der Waals surface area contributed by atoms with E-state index >= 15 is 0 Å². The number of ether oxygens (including phenoxy) is 1. The molecular weight excluding hydrogens is 244 g/mol. The fourth-order valence-electron chi connectivity index (χ4n) is 1.75. The summed E-state index contributed by atoms with van der Waals surface area (Å²) in [5.41, 5.74) is 4.20. The second-order valence-electron chi connectivity index (χ2n) is 4.46. The van der Waals surface area contributed by atoms with Gasteiger partial charge in [0.05, 0.1) is 0 Å². The van der Waals surface area contributed by atoms with Crippen LogP contribution in [-0.4, -0.2) is 23.2 Å².